The summed E-state index contributed by atoms with van der Waals surface area (Å²) in [4.78, 5) is 14.1. The van der Waals surface area contributed by atoms with Crippen molar-refractivity contribution in [3.8, 4) is 0 Å². The number of fused-ring (bicyclic) bond motifs is 1. The van der Waals surface area contributed by atoms with E-state index in [1.54, 1.807) is 28.9 Å². The number of halogens is 1. The van der Waals surface area contributed by atoms with Gasteiger partial charge in [0.1, 0.15) is 5.65 Å². The Morgan fingerprint density at radius 2 is 1.96 bits per heavy atom. The van der Waals surface area contributed by atoms with Crippen molar-refractivity contribution in [1.82, 2.24) is 14.1 Å². The van der Waals surface area contributed by atoms with Crippen LogP contribution >= 0.6 is 11.6 Å². The first-order chi connectivity index (χ1) is 11.4. The maximum absolute atomic E-state index is 12.3. The van der Waals surface area contributed by atoms with Gasteiger partial charge in [-0.05, 0) is 18.2 Å². The van der Waals surface area contributed by atoms with Crippen LogP contribution in [0.25, 0.3) is 5.65 Å². The van der Waals surface area contributed by atoms with Gasteiger partial charge in [0, 0.05) is 18.5 Å². The number of nitrogens with one attached hydrogen (secondary N) is 1. The largest absolute Gasteiger partial charge is 0.305 e. The first-order valence-electron chi connectivity index (χ1n) is 6.73. The van der Waals surface area contributed by atoms with Crippen molar-refractivity contribution < 1.29 is 13.3 Å². The van der Waals surface area contributed by atoms with Crippen molar-refractivity contribution in [2.75, 3.05) is 0 Å². The summed E-state index contributed by atoms with van der Waals surface area (Å²) in [6.45, 7) is -0.103. The molecular formula is C14H11ClN4O4S. The summed E-state index contributed by atoms with van der Waals surface area (Å²) in [5.41, 5.74) is 0.588. The Kier molecular flexibility index (Phi) is 4.22. The maximum atomic E-state index is 12.3. The number of para-hydroxylation sites is 1. The Labute approximate surface area is 141 Å². The Hall–Kier alpha value is -2.49. The summed E-state index contributed by atoms with van der Waals surface area (Å²) in [7, 11) is -4.05. The van der Waals surface area contributed by atoms with Gasteiger partial charge in [0.25, 0.3) is 5.69 Å². The van der Waals surface area contributed by atoms with Gasteiger partial charge in [-0.25, -0.2) is 18.1 Å². The van der Waals surface area contributed by atoms with Crippen LogP contribution in [0.4, 0.5) is 5.69 Å². The predicted octanol–water partition coefficient (Wildman–Crippen LogP) is 2.37. The normalized spacial score (nSPS) is 11.7. The van der Waals surface area contributed by atoms with Gasteiger partial charge in [-0.1, -0.05) is 23.7 Å². The number of imidazole rings is 1. The summed E-state index contributed by atoms with van der Waals surface area (Å²) in [6.07, 6.45) is 3.27. The number of nitrogens with zero attached hydrogens (tertiary/aromatic N) is 3. The zero-order valence-electron chi connectivity index (χ0n) is 12.1. The van der Waals surface area contributed by atoms with Crippen LogP contribution < -0.4 is 4.72 Å². The molecule has 0 amide bonds. The van der Waals surface area contributed by atoms with Gasteiger partial charge in [-0.2, -0.15) is 0 Å². The molecule has 3 aromatic rings. The Balaban J connectivity index is 1.86. The SMILES string of the molecule is O=[N+]([O-])c1ccccc1S(=O)(=O)NCc1cn2cc(Cl)ccc2n1. The first kappa shape index (κ1) is 16.4. The number of hydrogen-bond donors (Lipinski definition) is 1. The third-order valence-corrected chi connectivity index (χ3v) is 4.93. The topological polar surface area (TPSA) is 107 Å². The molecule has 1 aromatic carbocycles. The van der Waals surface area contributed by atoms with Gasteiger partial charge in [0.05, 0.1) is 22.2 Å². The molecule has 3 rings (SSSR count). The molecule has 0 unspecified atom stereocenters. The first-order valence-corrected chi connectivity index (χ1v) is 8.59. The van der Waals surface area contributed by atoms with E-state index < -0.39 is 20.6 Å². The molecule has 10 heteroatoms. The molecule has 24 heavy (non-hydrogen) atoms. The smallest absolute Gasteiger partial charge is 0.289 e. The highest BCUT2D eigenvalue weighted by Gasteiger charge is 2.24. The lowest BCUT2D eigenvalue weighted by Gasteiger charge is -2.05. The van der Waals surface area contributed by atoms with E-state index in [1.165, 1.54) is 18.2 Å². The van der Waals surface area contributed by atoms with E-state index in [-0.39, 0.29) is 11.4 Å². The molecule has 0 radical (unpaired) electrons. The average molecular weight is 367 g/mol. The highest BCUT2D eigenvalue weighted by atomic mass is 35.5. The molecular weight excluding hydrogens is 356 g/mol. The van der Waals surface area contributed by atoms with Gasteiger partial charge in [0.2, 0.25) is 10.0 Å². The lowest BCUT2D eigenvalue weighted by Crippen LogP contribution is -2.24. The molecule has 0 aliphatic rings. The lowest BCUT2D eigenvalue weighted by atomic mass is 10.3. The number of rotatable bonds is 5. The highest BCUT2D eigenvalue weighted by molar-refractivity contribution is 7.89. The molecule has 0 spiro atoms. The van der Waals surface area contributed by atoms with E-state index in [9.17, 15) is 18.5 Å². The minimum Gasteiger partial charge on any atom is -0.305 e. The third kappa shape index (κ3) is 3.23. The average Bonchev–Trinajstić information content (AvgIpc) is 2.95. The van der Waals surface area contributed by atoms with Crippen molar-refractivity contribution in [3.05, 3.63) is 69.6 Å². The van der Waals surface area contributed by atoms with Gasteiger partial charge in [-0.3, -0.25) is 10.1 Å². The van der Waals surface area contributed by atoms with Crippen LogP contribution in [-0.4, -0.2) is 22.7 Å². The number of aromatic nitrogens is 2. The van der Waals surface area contributed by atoms with E-state index in [4.69, 9.17) is 11.6 Å². The predicted molar refractivity (Wildman–Crippen MR) is 87.3 cm³/mol. The molecule has 0 saturated heterocycles. The van der Waals surface area contributed by atoms with E-state index in [2.05, 4.69) is 9.71 Å². The Bertz CT molecular complexity index is 1030. The summed E-state index contributed by atoms with van der Waals surface area (Å²) in [5.74, 6) is 0. The monoisotopic (exact) mass is 366 g/mol. The number of sulfonamides is 1. The fraction of sp³-hybridized carbons (Fsp3) is 0.0714. The fourth-order valence-corrected chi connectivity index (χ4v) is 3.52. The van der Waals surface area contributed by atoms with Crippen molar-refractivity contribution in [1.29, 1.82) is 0 Å². The molecule has 2 heterocycles. The van der Waals surface area contributed by atoms with Gasteiger partial charge in [0.15, 0.2) is 4.90 Å². The molecule has 0 atom stereocenters. The van der Waals surface area contributed by atoms with E-state index in [0.29, 0.717) is 16.4 Å². The van der Waals surface area contributed by atoms with E-state index in [0.717, 1.165) is 6.07 Å². The minimum atomic E-state index is -4.05. The second-order valence-corrected chi connectivity index (χ2v) is 7.07. The Morgan fingerprint density at radius 3 is 2.71 bits per heavy atom. The summed E-state index contributed by atoms with van der Waals surface area (Å²) in [5, 5.41) is 11.5. The summed E-state index contributed by atoms with van der Waals surface area (Å²) < 4.78 is 28.6. The van der Waals surface area contributed by atoms with Crippen molar-refractivity contribution in [3.63, 3.8) is 0 Å². The van der Waals surface area contributed by atoms with Crippen molar-refractivity contribution in [2.24, 2.45) is 0 Å². The van der Waals surface area contributed by atoms with E-state index >= 15 is 0 Å². The minimum absolute atomic E-state index is 0.103. The van der Waals surface area contributed by atoms with Crippen LogP contribution in [0.15, 0.2) is 53.7 Å². The molecule has 8 nitrogen and oxygen atoms in total. The number of pyridine rings is 1. The molecule has 0 fully saturated rings. The van der Waals surface area contributed by atoms with Crippen molar-refractivity contribution in [2.45, 2.75) is 11.4 Å². The second-order valence-electron chi connectivity index (χ2n) is 4.89. The molecule has 0 aliphatic carbocycles. The lowest BCUT2D eigenvalue weighted by molar-refractivity contribution is -0.387. The zero-order valence-corrected chi connectivity index (χ0v) is 13.7. The van der Waals surface area contributed by atoms with Crippen molar-refractivity contribution >= 4 is 33.0 Å². The number of benzene rings is 1. The number of nitro groups is 1. The highest BCUT2D eigenvalue weighted by Crippen LogP contribution is 2.22. The van der Waals surface area contributed by atoms with Crippen LogP contribution in [0.1, 0.15) is 5.69 Å². The molecule has 0 bridgehead atoms. The van der Waals surface area contributed by atoms with Crippen LogP contribution in [0.5, 0.6) is 0 Å². The van der Waals surface area contributed by atoms with Gasteiger partial charge >= 0.3 is 0 Å². The van der Waals surface area contributed by atoms with Crippen LogP contribution in [-0.2, 0) is 16.6 Å². The second kappa shape index (κ2) is 6.19. The Morgan fingerprint density at radius 1 is 1.21 bits per heavy atom. The maximum Gasteiger partial charge on any atom is 0.289 e. The fourth-order valence-electron chi connectivity index (χ4n) is 2.18. The standard InChI is InChI=1S/C14H11ClN4O4S/c15-10-5-6-14-17-11(9-18(14)8-10)7-16-24(22,23)13-4-2-1-3-12(13)19(20)21/h1-6,8-9,16H,7H2. The molecule has 0 aliphatic heterocycles. The number of nitro benzene ring substituents is 1. The number of hydrogen-bond acceptors (Lipinski definition) is 5. The quantitative estimate of drug-likeness (QED) is 0.551. The van der Waals surface area contributed by atoms with Crippen LogP contribution in [0.2, 0.25) is 5.02 Å². The third-order valence-electron chi connectivity index (χ3n) is 3.26. The molecule has 1 N–H and O–H groups in total. The molecule has 2 aromatic heterocycles. The molecule has 0 saturated carbocycles. The van der Waals surface area contributed by atoms with Crippen LogP contribution in [0, 0.1) is 10.1 Å². The zero-order chi connectivity index (χ0) is 17.3. The van der Waals surface area contributed by atoms with Gasteiger partial charge in [-0.15, -0.1) is 0 Å². The molecule has 124 valence electrons. The van der Waals surface area contributed by atoms with Crippen LogP contribution in [0.3, 0.4) is 0 Å². The van der Waals surface area contributed by atoms with Gasteiger partial charge < -0.3 is 4.40 Å². The summed E-state index contributed by atoms with van der Waals surface area (Å²) in [6, 6.07) is 8.52. The van der Waals surface area contributed by atoms with E-state index in [1.807, 2.05) is 0 Å². The summed E-state index contributed by atoms with van der Waals surface area (Å²) >= 11 is 5.88.